The van der Waals surface area contributed by atoms with Gasteiger partial charge in [-0.25, -0.2) is 9.97 Å². The van der Waals surface area contributed by atoms with Crippen molar-refractivity contribution >= 4 is 28.5 Å². The molecule has 36 heavy (non-hydrogen) atoms. The molecule has 10 heteroatoms. The van der Waals surface area contributed by atoms with E-state index in [0.717, 1.165) is 22.1 Å². The van der Waals surface area contributed by atoms with Gasteiger partial charge < -0.3 is 19.4 Å². The minimum Gasteiger partial charge on any atom is -0.496 e. The summed E-state index contributed by atoms with van der Waals surface area (Å²) in [6.07, 6.45) is 4.18. The third-order valence-electron chi connectivity index (χ3n) is 5.67. The molecule has 0 spiro atoms. The minimum atomic E-state index is -0.504. The number of hydrogen-bond acceptors (Lipinski definition) is 7. The van der Waals surface area contributed by atoms with Gasteiger partial charge in [-0.1, -0.05) is 18.2 Å². The van der Waals surface area contributed by atoms with E-state index in [9.17, 15) is 9.59 Å². The van der Waals surface area contributed by atoms with Gasteiger partial charge in [0.05, 0.1) is 24.6 Å². The predicted octanol–water partition coefficient (Wildman–Crippen LogP) is 4.24. The monoisotopic (exact) mass is 482 g/mol. The lowest BCUT2D eigenvalue weighted by molar-refractivity contribution is 0.0828. The molecular formula is C26H22N6O4. The number of benzene rings is 2. The summed E-state index contributed by atoms with van der Waals surface area (Å²) in [5, 5.41) is 11.0. The number of para-hydroxylation sites is 1. The third-order valence-corrected chi connectivity index (χ3v) is 5.67. The summed E-state index contributed by atoms with van der Waals surface area (Å²) in [7, 11) is 4.91. The van der Waals surface area contributed by atoms with Crippen molar-refractivity contribution in [3.8, 4) is 28.1 Å². The Morgan fingerprint density at radius 1 is 1.06 bits per heavy atom. The second-order valence-electron chi connectivity index (χ2n) is 8.17. The number of carbonyl (C=O) groups is 2. The second kappa shape index (κ2) is 9.34. The molecule has 0 bridgehead atoms. The van der Waals surface area contributed by atoms with E-state index in [1.165, 1.54) is 17.5 Å². The lowest BCUT2D eigenvalue weighted by atomic mass is 10.00. The smallest absolute Gasteiger partial charge is 0.293 e. The highest BCUT2D eigenvalue weighted by Crippen LogP contribution is 2.35. The Hall–Kier alpha value is -4.99. The Labute approximate surface area is 205 Å². The number of nitrogens with one attached hydrogen (secondary N) is 2. The van der Waals surface area contributed by atoms with Gasteiger partial charge in [0.15, 0.2) is 12.0 Å². The molecule has 0 aliphatic carbocycles. The number of hydrogen-bond donors (Lipinski definition) is 2. The van der Waals surface area contributed by atoms with Crippen LogP contribution in [0.5, 0.6) is 5.75 Å². The maximum Gasteiger partial charge on any atom is 0.293 e. The van der Waals surface area contributed by atoms with E-state index in [1.54, 1.807) is 39.5 Å². The van der Waals surface area contributed by atoms with Crippen LogP contribution in [-0.2, 0) is 0 Å². The number of pyridine rings is 1. The van der Waals surface area contributed by atoms with E-state index in [1.807, 2.05) is 36.4 Å². The molecule has 3 aromatic heterocycles. The number of methoxy groups -OCH3 is 1. The van der Waals surface area contributed by atoms with Gasteiger partial charge in [0, 0.05) is 36.8 Å². The zero-order chi connectivity index (χ0) is 25.2. The van der Waals surface area contributed by atoms with Crippen LogP contribution < -0.4 is 10.1 Å². The lowest BCUT2D eigenvalue weighted by Gasteiger charge is -2.16. The summed E-state index contributed by atoms with van der Waals surface area (Å²) in [5.41, 5.74) is 4.37. The fraction of sp³-hybridized carbons (Fsp3) is 0.115. The molecule has 0 saturated carbocycles. The number of aromatic amines is 1. The summed E-state index contributed by atoms with van der Waals surface area (Å²) in [6.45, 7) is 0. The first-order valence-electron chi connectivity index (χ1n) is 11.0. The van der Waals surface area contributed by atoms with Crippen LogP contribution in [0.4, 0.5) is 5.69 Å². The van der Waals surface area contributed by atoms with Crippen molar-refractivity contribution in [3.63, 3.8) is 0 Å². The predicted molar refractivity (Wildman–Crippen MR) is 134 cm³/mol. The van der Waals surface area contributed by atoms with Crippen molar-refractivity contribution in [1.29, 1.82) is 0 Å². The van der Waals surface area contributed by atoms with Crippen molar-refractivity contribution in [2.24, 2.45) is 0 Å². The number of nitrogens with zero attached hydrogens (tertiary/aromatic N) is 4. The van der Waals surface area contributed by atoms with E-state index < -0.39 is 5.91 Å². The molecule has 0 aliphatic heterocycles. The zero-order valence-corrected chi connectivity index (χ0v) is 19.8. The number of oxazole rings is 1. The Kier molecular flexibility index (Phi) is 5.91. The highest BCUT2D eigenvalue weighted by Gasteiger charge is 2.20. The van der Waals surface area contributed by atoms with Crippen molar-refractivity contribution < 1.29 is 18.7 Å². The van der Waals surface area contributed by atoms with Gasteiger partial charge in [-0.3, -0.25) is 14.7 Å². The van der Waals surface area contributed by atoms with Crippen molar-refractivity contribution in [3.05, 3.63) is 78.6 Å². The van der Waals surface area contributed by atoms with Crippen LogP contribution in [-0.4, -0.2) is 58.1 Å². The van der Waals surface area contributed by atoms with Crippen LogP contribution in [0, 0.1) is 0 Å². The fourth-order valence-corrected chi connectivity index (χ4v) is 3.87. The molecule has 10 nitrogen and oxygen atoms in total. The van der Waals surface area contributed by atoms with Crippen LogP contribution in [0.25, 0.3) is 33.4 Å². The van der Waals surface area contributed by atoms with Crippen molar-refractivity contribution in [1.82, 2.24) is 25.1 Å². The van der Waals surface area contributed by atoms with E-state index >= 15 is 0 Å². The highest BCUT2D eigenvalue weighted by atomic mass is 16.5. The van der Waals surface area contributed by atoms with Gasteiger partial charge in [0.2, 0.25) is 5.76 Å². The number of anilines is 1. The van der Waals surface area contributed by atoms with Gasteiger partial charge in [-0.2, -0.15) is 5.10 Å². The molecule has 2 N–H and O–H groups in total. The van der Waals surface area contributed by atoms with E-state index in [4.69, 9.17) is 9.15 Å². The van der Waals surface area contributed by atoms with E-state index in [-0.39, 0.29) is 11.7 Å². The van der Waals surface area contributed by atoms with Crippen LogP contribution in [0.2, 0.25) is 0 Å². The molecule has 180 valence electrons. The Morgan fingerprint density at radius 2 is 1.89 bits per heavy atom. The molecular weight excluding hydrogens is 460 g/mol. The Bertz CT molecular complexity index is 1570. The van der Waals surface area contributed by atoms with E-state index in [0.29, 0.717) is 28.3 Å². The fourth-order valence-electron chi connectivity index (χ4n) is 3.87. The number of rotatable bonds is 6. The van der Waals surface area contributed by atoms with Crippen molar-refractivity contribution in [2.45, 2.75) is 0 Å². The number of amides is 2. The second-order valence-corrected chi connectivity index (χ2v) is 8.17. The molecule has 3 heterocycles. The number of aromatic nitrogens is 4. The molecule has 0 atom stereocenters. The minimum absolute atomic E-state index is 0.0424. The van der Waals surface area contributed by atoms with E-state index in [2.05, 4.69) is 25.5 Å². The largest absolute Gasteiger partial charge is 0.496 e. The number of carbonyl (C=O) groups excluding carboxylic acids is 2. The van der Waals surface area contributed by atoms with Gasteiger partial charge in [-0.15, -0.1) is 0 Å². The molecule has 5 rings (SSSR count). The molecule has 2 amide bonds. The summed E-state index contributed by atoms with van der Waals surface area (Å²) in [6, 6.07) is 14.8. The highest BCUT2D eigenvalue weighted by molar-refractivity contribution is 6.08. The van der Waals surface area contributed by atoms with Crippen LogP contribution in [0.1, 0.15) is 20.9 Å². The average Bonchev–Trinajstić information content (AvgIpc) is 3.58. The summed E-state index contributed by atoms with van der Waals surface area (Å²) >= 11 is 0. The van der Waals surface area contributed by atoms with Gasteiger partial charge in [0.25, 0.3) is 11.8 Å². The third kappa shape index (κ3) is 4.16. The molecule has 0 saturated heterocycles. The summed E-state index contributed by atoms with van der Waals surface area (Å²) < 4.78 is 10.6. The molecule has 0 unspecified atom stereocenters. The quantitative estimate of drug-likeness (QED) is 0.371. The SMILES string of the molecule is COc1ccccc1-c1n[nH]c2ncc(-c3ccc(NC(=O)c4cnco4)c(C(=O)N(C)C)c3)cc12. The Morgan fingerprint density at radius 3 is 2.64 bits per heavy atom. The number of H-pyrrole nitrogens is 1. The lowest BCUT2D eigenvalue weighted by Crippen LogP contribution is -2.24. The standard InChI is InChI=1S/C26H22N6O4/c1-32(2)26(34)18-10-15(8-9-20(18)29-25(33)22-13-27-14-36-22)16-11-19-23(30-31-24(19)28-12-16)17-6-4-5-7-21(17)35-3/h4-14H,1-3H3,(H,29,33)(H,28,30,31). The number of ether oxygens (including phenoxy) is 1. The van der Waals surface area contributed by atoms with Gasteiger partial charge in [-0.05, 0) is 35.9 Å². The summed E-state index contributed by atoms with van der Waals surface area (Å²) in [4.78, 5) is 35.2. The normalized spacial score (nSPS) is 10.9. The molecule has 2 aromatic carbocycles. The molecule has 0 aliphatic rings. The topological polar surface area (TPSA) is 126 Å². The number of fused-ring (bicyclic) bond motifs is 1. The van der Waals surface area contributed by atoms with Gasteiger partial charge >= 0.3 is 0 Å². The van der Waals surface area contributed by atoms with Crippen LogP contribution >= 0.6 is 0 Å². The molecule has 5 aromatic rings. The molecule has 0 radical (unpaired) electrons. The maximum absolute atomic E-state index is 13.0. The Balaban J connectivity index is 1.58. The van der Waals surface area contributed by atoms with Crippen LogP contribution in [0.3, 0.4) is 0 Å². The first kappa shape index (κ1) is 22.8. The molecule has 0 fully saturated rings. The zero-order valence-electron chi connectivity index (χ0n) is 19.8. The summed E-state index contributed by atoms with van der Waals surface area (Å²) in [5.74, 6) is -0.0319. The average molecular weight is 483 g/mol. The first-order valence-corrected chi connectivity index (χ1v) is 11.0. The van der Waals surface area contributed by atoms with Crippen molar-refractivity contribution in [2.75, 3.05) is 26.5 Å². The van der Waals surface area contributed by atoms with Crippen LogP contribution in [0.15, 0.2) is 71.7 Å². The van der Waals surface area contributed by atoms with Gasteiger partial charge in [0.1, 0.15) is 11.4 Å². The maximum atomic E-state index is 13.0. The first-order chi connectivity index (χ1) is 17.5.